The van der Waals surface area contributed by atoms with Crippen LogP contribution in [-0.4, -0.2) is 31.7 Å². The molecule has 1 aliphatic rings. The highest BCUT2D eigenvalue weighted by molar-refractivity contribution is 7.11. The van der Waals surface area contributed by atoms with Gasteiger partial charge < -0.3 is 10.6 Å². The number of thiazole rings is 1. The minimum Gasteiger partial charge on any atom is -0.320 e. The number of hydrogen-bond donors (Lipinski definition) is 2. The molecule has 0 aliphatic carbocycles. The lowest BCUT2D eigenvalue weighted by Gasteiger charge is -2.21. The van der Waals surface area contributed by atoms with Crippen molar-refractivity contribution in [1.82, 2.24) is 15.6 Å². The summed E-state index contributed by atoms with van der Waals surface area (Å²) >= 11 is 1.92. The molecular formula is C13H23N3S. The minimum absolute atomic E-state index is 0.854. The number of aromatic nitrogens is 1. The van der Waals surface area contributed by atoms with E-state index in [0.29, 0.717) is 0 Å². The van der Waals surface area contributed by atoms with Gasteiger partial charge in [-0.3, -0.25) is 0 Å². The molecule has 2 heterocycles. The molecule has 0 amide bonds. The van der Waals surface area contributed by atoms with Crippen LogP contribution in [0.1, 0.15) is 29.1 Å². The summed E-state index contributed by atoms with van der Waals surface area (Å²) in [7, 11) is 2.01. The molecule has 2 rings (SSSR count). The first-order valence-electron chi connectivity index (χ1n) is 6.67. The fourth-order valence-corrected chi connectivity index (χ4v) is 3.41. The molecule has 2 N–H and O–H groups in total. The summed E-state index contributed by atoms with van der Waals surface area (Å²) < 4.78 is 0. The molecule has 1 aromatic rings. The van der Waals surface area contributed by atoms with Crippen molar-refractivity contribution < 1.29 is 0 Å². The summed E-state index contributed by atoms with van der Waals surface area (Å²) in [4.78, 5) is 6.02. The molecular weight excluding hydrogens is 230 g/mol. The van der Waals surface area contributed by atoms with Gasteiger partial charge >= 0.3 is 0 Å². The van der Waals surface area contributed by atoms with Gasteiger partial charge in [-0.05, 0) is 58.3 Å². The van der Waals surface area contributed by atoms with Gasteiger partial charge in [-0.15, -0.1) is 11.3 Å². The van der Waals surface area contributed by atoms with Crippen LogP contribution >= 0.6 is 11.3 Å². The van der Waals surface area contributed by atoms with Crippen molar-refractivity contribution in [1.29, 1.82) is 0 Å². The van der Waals surface area contributed by atoms with E-state index in [0.717, 1.165) is 12.5 Å². The molecule has 0 saturated carbocycles. The Morgan fingerprint density at radius 1 is 1.47 bits per heavy atom. The van der Waals surface area contributed by atoms with E-state index in [1.54, 1.807) is 0 Å². The van der Waals surface area contributed by atoms with Gasteiger partial charge in [0.15, 0.2) is 0 Å². The maximum atomic E-state index is 4.57. The van der Waals surface area contributed by atoms with Crippen molar-refractivity contribution in [2.45, 2.75) is 32.1 Å². The van der Waals surface area contributed by atoms with Crippen molar-refractivity contribution in [3.05, 3.63) is 16.1 Å². The molecule has 96 valence electrons. The van der Waals surface area contributed by atoms with Gasteiger partial charge in [0.1, 0.15) is 0 Å². The highest BCUT2D eigenvalue weighted by Gasteiger charge is 2.15. The smallest absolute Gasteiger partial charge is 0.0930 e. The molecule has 0 atom stereocenters. The Balaban J connectivity index is 1.76. The molecule has 0 unspecified atom stereocenters. The lowest BCUT2D eigenvalue weighted by atomic mass is 9.95. The van der Waals surface area contributed by atoms with E-state index in [2.05, 4.69) is 21.8 Å². The van der Waals surface area contributed by atoms with Crippen LogP contribution in [0.3, 0.4) is 0 Å². The largest absolute Gasteiger partial charge is 0.320 e. The van der Waals surface area contributed by atoms with E-state index < -0.39 is 0 Å². The van der Waals surface area contributed by atoms with Crippen LogP contribution in [0.5, 0.6) is 0 Å². The Hall–Kier alpha value is -0.450. The SMILES string of the molecule is CNCCCc1cnc(CC2CCNCC2)s1. The van der Waals surface area contributed by atoms with Crippen molar-refractivity contribution in [3.8, 4) is 0 Å². The Morgan fingerprint density at radius 2 is 2.29 bits per heavy atom. The third-order valence-electron chi connectivity index (χ3n) is 3.37. The number of hydrogen-bond acceptors (Lipinski definition) is 4. The molecule has 1 aliphatic heterocycles. The van der Waals surface area contributed by atoms with E-state index in [9.17, 15) is 0 Å². The zero-order valence-electron chi connectivity index (χ0n) is 10.7. The van der Waals surface area contributed by atoms with Crippen LogP contribution in [-0.2, 0) is 12.8 Å². The van der Waals surface area contributed by atoms with Crippen LogP contribution in [0.25, 0.3) is 0 Å². The molecule has 0 bridgehead atoms. The van der Waals surface area contributed by atoms with Crippen LogP contribution in [0.2, 0.25) is 0 Å². The standard InChI is InChI=1S/C13H23N3S/c1-14-6-2-3-12-10-16-13(17-12)9-11-4-7-15-8-5-11/h10-11,14-15H,2-9H2,1H3. The van der Waals surface area contributed by atoms with Gasteiger partial charge in [0.2, 0.25) is 0 Å². The second-order valence-corrected chi connectivity index (χ2v) is 6.02. The molecule has 0 aromatic carbocycles. The molecule has 0 radical (unpaired) electrons. The predicted molar refractivity (Wildman–Crippen MR) is 73.7 cm³/mol. The third-order valence-corrected chi connectivity index (χ3v) is 4.45. The number of aryl methyl sites for hydroxylation is 1. The Labute approximate surface area is 108 Å². The lowest BCUT2D eigenvalue weighted by molar-refractivity contribution is 0.372. The van der Waals surface area contributed by atoms with Gasteiger partial charge in [0.05, 0.1) is 5.01 Å². The maximum absolute atomic E-state index is 4.57. The highest BCUT2D eigenvalue weighted by Crippen LogP contribution is 2.22. The normalized spacial score (nSPS) is 17.5. The fraction of sp³-hybridized carbons (Fsp3) is 0.769. The molecule has 3 nitrogen and oxygen atoms in total. The molecule has 17 heavy (non-hydrogen) atoms. The highest BCUT2D eigenvalue weighted by atomic mass is 32.1. The quantitative estimate of drug-likeness (QED) is 0.760. The van der Waals surface area contributed by atoms with Gasteiger partial charge in [0, 0.05) is 17.5 Å². The first kappa shape index (κ1) is 13.0. The van der Waals surface area contributed by atoms with E-state index in [1.165, 1.54) is 55.1 Å². The molecule has 1 aromatic heterocycles. The maximum Gasteiger partial charge on any atom is 0.0930 e. The molecule has 4 heteroatoms. The van der Waals surface area contributed by atoms with E-state index in [1.807, 2.05) is 18.4 Å². The zero-order chi connectivity index (χ0) is 11.9. The third kappa shape index (κ3) is 4.37. The summed E-state index contributed by atoms with van der Waals surface area (Å²) in [5.41, 5.74) is 0. The monoisotopic (exact) mass is 253 g/mol. The number of nitrogens with zero attached hydrogens (tertiary/aromatic N) is 1. The number of rotatable bonds is 6. The summed E-state index contributed by atoms with van der Waals surface area (Å²) in [5.74, 6) is 0.854. The predicted octanol–water partition coefficient (Wildman–Crippen LogP) is 1.84. The van der Waals surface area contributed by atoms with Crippen LogP contribution in [0, 0.1) is 5.92 Å². The molecule has 0 spiro atoms. The topological polar surface area (TPSA) is 37.0 Å². The molecule has 1 fully saturated rings. The summed E-state index contributed by atoms with van der Waals surface area (Å²) in [6.45, 7) is 3.47. The summed E-state index contributed by atoms with van der Waals surface area (Å²) in [5, 5.41) is 7.95. The van der Waals surface area contributed by atoms with E-state index >= 15 is 0 Å². The van der Waals surface area contributed by atoms with E-state index in [4.69, 9.17) is 0 Å². The molecule has 1 saturated heterocycles. The first-order valence-corrected chi connectivity index (χ1v) is 7.49. The van der Waals surface area contributed by atoms with Crippen LogP contribution in [0.4, 0.5) is 0 Å². The average molecular weight is 253 g/mol. The van der Waals surface area contributed by atoms with Crippen molar-refractivity contribution in [2.75, 3.05) is 26.7 Å². The summed E-state index contributed by atoms with van der Waals surface area (Å²) in [6.07, 6.45) is 8.29. The fourth-order valence-electron chi connectivity index (χ4n) is 2.33. The van der Waals surface area contributed by atoms with Gasteiger partial charge in [-0.1, -0.05) is 0 Å². The Morgan fingerprint density at radius 3 is 3.06 bits per heavy atom. The number of nitrogens with one attached hydrogen (secondary N) is 2. The lowest BCUT2D eigenvalue weighted by Crippen LogP contribution is -2.28. The second kappa shape index (κ2) is 7.09. The van der Waals surface area contributed by atoms with Crippen molar-refractivity contribution in [2.24, 2.45) is 5.92 Å². The van der Waals surface area contributed by atoms with Crippen molar-refractivity contribution >= 4 is 11.3 Å². The Bertz CT molecular complexity index is 318. The second-order valence-electron chi connectivity index (χ2n) is 4.82. The van der Waals surface area contributed by atoms with E-state index in [-0.39, 0.29) is 0 Å². The van der Waals surface area contributed by atoms with Gasteiger partial charge in [0.25, 0.3) is 0 Å². The van der Waals surface area contributed by atoms with Crippen LogP contribution in [0.15, 0.2) is 6.20 Å². The minimum atomic E-state index is 0.854. The van der Waals surface area contributed by atoms with Crippen molar-refractivity contribution in [3.63, 3.8) is 0 Å². The average Bonchev–Trinajstić information content (AvgIpc) is 2.79. The number of piperidine rings is 1. The van der Waals surface area contributed by atoms with Gasteiger partial charge in [-0.2, -0.15) is 0 Å². The van der Waals surface area contributed by atoms with Gasteiger partial charge in [-0.25, -0.2) is 4.98 Å². The summed E-state index contributed by atoms with van der Waals surface area (Å²) in [6, 6.07) is 0. The van der Waals surface area contributed by atoms with Crippen LogP contribution < -0.4 is 10.6 Å². The zero-order valence-corrected chi connectivity index (χ0v) is 11.5. The Kier molecular flexibility index (Phi) is 5.42. The first-order chi connectivity index (χ1) is 8.38.